The number of carbonyl (C=O) groups excluding carboxylic acids is 1. The van der Waals surface area contributed by atoms with Crippen molar-refractivity contribution in [3.05, 3.63) is 35.9 Å². The lowest BCUT2D eigenvalue weighted by Gasteiger charge is -2.39. The summed E-state index contributed by atoms with van der Waals surface area (Å²) in [5.74, 6) is 0. The first-order chi connectivity index (χ1) is 11.0. The lowest BCUT2D eigenvalue weighted by atomic mass is 10.0. The van der Waals surface area contributed by atoms with E-state index in [-0.39, 0.29) is 12.1 Å². The Labute approximate surface area is 141 Å². The third kappa shape index (κ3) is 4.71. The van der Waals surface area contributed by atoms with Crippen LogP contribution in [-0.2, 0) is 6.54 Å². The van der Waals surface area contributed by atoms with Crippen LogP contribution in [-0.4, -0.2) is 59.5 Å². The Bertz CT molecular complexity index is 481. The van der Waals surface area contributed by atoms with Gasteiger partial charge in [-0.15, -0.1) is 0 Å². The van der Waals surface area contributed by atoms with E-state index in [9.17, 15) is 4.79 Å². The highest BCUT2D eigenvalue weighted by molar-refractivity contribution is 5.74. The molecule has 1 fully saturated rings. The molecule has 0 spiro atoms. The van der Waals surface area contributed by atoms with Gasteiger partial charge in [0.2, 0.25) is 0 Å². The number of benzene rings is 1. The zero-order valence-corrected chi connectivity index (χ0v) is 15.0. The summed E-state index contributed by atoms with van der Waals surface area (Å²) in [6.07, 6.45) is 2.12. The van der Waals surface area contributed by atoms with Crippen LogP contribution >= 0.6 is 0 Å². The molecule has 0 N–H and O–H groups in total. The Morgan fingerprint density at radius 2 is 1.83 bits per heavy atom. The SMILES string of the molecule is CCN(C(=O)N(C)C1CCN(Cc2ccccc2)CC1)C(C)C. The summed E-state index contributed by atoms with van der Waals surface area (Å²) in [4.78, 5) is 19.0. The van der Waals surface area contributed by atoms with E-state index in [2.05, 4.69) is 49.1 Å². The van der Waals surface area contributed by atoms with Gasteiger partial charge in [-0.2, -0.15) is 0 Å². The van der Waals surface area contributed by atoms with Crippen molar-refractivity contribution in [1.82, 2.24) is 14.7 Å². The lowest BCUT2D eigenvalue weighted by molar-refractivity contribution is 0.104. The van der Waals surface area contributed by atoms with Crippen LogP contribution in [0.1, 0.15) is 39.2 Å². The summed E-state index contributed by atoms with van der Waals surface area (Å²) < 4.78 is 0. The van der Waals surface area contributed by atoms with Crippen molar-refractivity contribution in [1.29, 1.82) is 0 Å². The summed E-state index contributed by atoms with van der Waals surface area (Å²) in [6, 6.07) is 11.4. The first-order valence-corrected chi connectivity index (χ1v) is 8.82. The van der Waals surface area contributed by atoms with E-state index in [1.807, 2.05) is 23.8 Å². The van der Waals surface area contributed by atoms with Crippen LogP contribution in [0.4, 0.5) is 4.79 Å². The maximum absolute atomic E-state index is 12.6. The number of likely N-dealkylation sites (tertiary alicyclic amines) is 1. The Morgan fingerprint density at radius 1 is 1.22 bits per heavy atom. The number of carbonyl (C=O) groups is 1. The summed E-state index contributed by atoms with van der Waals surface area (Å²) in [5.41, 5.74) is 1.37. The number of hydrogen-bond donors (Lipinski definition) is 0. The lowest BCUT2D eigenvalue weighted by Crippen LogP contribution is -2.51. The normalized spacial score (nSPS) is 16.6. The van der Waals surface area contributed by atoms with Gasteiger partial charge in [0.25, 0.3) is 0 Å². The van der Waals surface area contributed by atoms with Crippen molar-refractivity contribution >= 4 is 6.03 Å². The fourth-order valence-corrected chi connectivity index (χ4v) is 3.39. The van der Waals surface area contributed by atoms with Crippen LogP contribution in [0.5, 0.6) is 0 Å². The average molecular weight is 317 g/mol. The van der Waals surface area contributed by atoms with Gasteiger partial charge in [0.05, 0.1) is 0 Å². The molecule has 2 rings (SSSR count). The second kappa shape index (κ2) is 8.34. The molecule has 4 nitrogen and oxygen atoms in total. The zero-order chi connectivity index (χ0) is 16.8. The topological polar surface area (TPSA) is 26.8 Å². The molecule has 0 saturated carbocycles. The molecule has 1 heterocycles. The van der Waals surface area contributed by atoms with Crippen LogP contribution in [0.15, 0.2) is 30.3 Å². The average Bonchev–Trinajstić information content (AvgIpc) is 2.56. The molecule has 0 atom stereocenters. The van der Waals surface area contributed by atoms with E-state index >= 15 is 0 Å². The third-order valence-corrected chi connectivity index (χ3v) is 4.87. The van der Waals surface area contributed by atoms with Crippen LogP contribution in [0, 0.1) is 0 Å². The van der Waals surface area contributed by atoms with E-state index in [0.717, 1.165) is 39.0 Å². The van der Waals surface area contributed by atoms with E-state index in [4.69, 9.17) is 0 Å². The van der Waals surface area contributed by atoms with Crippen LogP contribution in [0.25, 0.3) is 0 Å². The molecule has 1 aliphatic heterocycles. The molecule has 1 aliphatic rings. The van der Waals surface area contributed by atoms with Crippen molar-refractivity contribution < 1.29 is 4.79 Å². The van der Waals surface area contributed by atoms with E-state index < -0.39 is 0 Å². The summed E-state index contributed by atoms with van der Waals surface area (Å²) in [6.45, 7) is 10.1. The molecule has 0 bridgehead atoms. The second-order valence-corrected chi connectivity index (χ2v) is 6.77. The Hall–Kier alpha value is -1.55. The monoisotopic (exact) mass is 317 g/mol. The number of piperidine rings is 1. The molecule has 0 aliphatic carbocycles. The molecule has 0 unspecified atom stereocenters. The van der Waals surface area contributed by atoms with Crippen LogP contribution < -0.4 is 0 Å². The minimum Gasteiger partial charge on any atom is -0.325 e. The first kappa shape index (κ1) is 17.8. The van der Waals surface area contributed by atoms with Gasteiger partial charge in [-0.25, -0.2) is 4.79 Å². The van der Waals surface area contributed by atoms with Gasteiger partial charge in [-0.1, -0.05) is 30.3 Å². The van der Waals surface area contributed by atoms with Gasteiger partial charge in [-0.3, -0.25) is 4.90 Å². The number of hydrogen-bond acceptors (Lipinski definition) is 2. The minimum absolute atomic E-state index is 0.170. The highest BCUT2D eigenvalue weighted by Crippen LogP contribution is 2.19. The van der Waals surface area contributed by atoms with Gasteiger partial charge < -0.3 is 9.80 Å². The third-order valence-electron chi connectivity index (χ3n) is 4.87. The molecule has 4 heteroatoms. The predicted molar refractivity (Wildman–Crippen MR) is 95.4 cm³/mol. The minimum atomic E-state index is 0.170. The molecule has 2 amide bonds. The molecule has 1 saturated heterocycles. The molecular formula is C19H31N3O. The largest absolute Gasteiger partial charge is 0.325 e. The van der Waals surface area contributed by atoms with Gasteiger partial charge in [0.15, 0.2) is 0 Å². The van der Waals surface area contributed by atoms with E-state index in [0.29, 0.717) is 6.04 Å². The second-order valence-electron chi connectivity index (χ2n) is 6.77. The summed E-state index contributed by atoms with van der Waals surface area (Å²) in [5, 5.41) is 0. The molecule has 0 aromatic heterocycles. The number of amides is 2. The summed E-state index contributed by atoms with van der Waals surface area (Å²) in [7, 11) is 1.96. The highest BCUT2D eigenvalue weighted by atomic mass is 16.2. The molecule has 0 radical (unpaired) electrons. The van der Waals surface area contributed by atoms with Crippen molar-refractivity contribution in [3.63, 3.8) is 0 Å². The van der Waals surface area contributed by atoms with Crippen molar-refractivity contribution in [2.24, 2.45) is 0 Å². The maximum atomic E-state index is 12.6. The fraction of sp³-hybridized carbons (Fsp3) is 0.632. The molecular weight excluding hydrogens is 286 g/mol. The number of urea groups is 1. The molecule has 128 valence electrons. The highest BCUT2D eigenvalue weighted by Gasteiger charge is 2.28. The first-order valence-electron chi connectivity index (χ1n) is 8.82. The van der Waals surface area contributed by atoms with Gasteiger partial charge >= 0.3 is 6.03 Å². The van der Waals surface area contributed by atoms with Gasteiger partial charge in [0, 0.05) is 45.3 Å². The molecule has 23 heavy (non-hydrogen) atoms. The van der Waals surface area contributed by atoms with Crippen molar-refractivity contribution in [2.75, 3.05) is 26.7 Å². The quantitative estimate of drug-likeness (QED) is 0.832. The van der Waals surface area contributed by atoms with Gasteiger partial charge in [-0.05, 0) is 39.2 Å². The fourth-order valence-electron chi connectivity index (χ4n) is 3.39. The Morgan fingerprint density at radius 3 is 2.35 bits per heavy atom. The standard InChI is InChI=1S/C19H31N3O/c1-5-22(16(2)3)19(23)20(4)18-11-13-21(14-12-18)15-17-9-7-6-8-10-17/h6-10,16,18H,5,11-15H2,1-4H3. The molecule has 1 aromatic rings. The van der Waals surface area contributed by atoms with Crippen molar-refractivity contribution in [2.45, 2.75) is 52.2 Å². The van der Waals surface area contributed by atoms with Crippen LogP contribution in [0.2, 0.25) is 0 Å². The smallest absolute Gasteiger partial charge is 0.320 e. The number of rotatable bonds is 5. The van der Waals surface area contributed by atoms with Gasteiger partial charge in [0.1, 0.15) is 0 Å². The maximum Gasteiger partial charge on any atom is 0.320 e. The zero-order valence-electron chi connectivity index (χ0n) is 15.0. The van der Waals surface area contributed by atoms with Crippen LogP contribution in [0.3, 0.4) is 0 Å². The Balaban J connectivity index is 1.85. The molecule has 1 aromatic carbocycles. The number of nitrogens with zero attached hydrogens (tertiary/aromatic N) is 3. The van der Waals surface area contributed by atoms with Crippen molar-refractivity contribution in [3.8, 4) is 0 Å². The van der Waals surface area contributed by atoms with E-state index in [1.165, 1.54) is 5.56 Å². The van der Waals surface area contributed by atoms with E-state index in [1.54, 1.807) is 0 Å². The Kier molecular flexibility index (Phi) is 6.46. The predicted octanol–water partition coefficient (Wildman–Crippen LogP) is 3.43. The summed E-state index contributed by atoms with van der Waals surface area (Å²) >= 11 is 0.